The zero-order valence-corrected chi connectivity index (χ0v) is 21.4. The van der Waals surface area contributed by atoms with E-state index in [2.05, 4.69) is 32.5 Å². The molecule has 0 spiro atoms. The molecule has 2 N–H and O–H groups in total. The van der Waals surface area contributed by atoms with Gasteiger partial charge < -0.3 is 15.4 Å². The summed E-state index contributed by atoms with van der Waals surface area (Å²) in [5.41, 5.74) is -0.458. The number of nitrogens with one attached hydrogen (secondary N) is 2. The van der Waals surface area contributed by atoms with Crippen LogP contribution < -0.4 is 10.6 Å². The van der Waals surface area contributed by atoms with Gasteiger partial charge in [0.15, 0.2) is 0 Å². The van der Waals surface area contributed by atoms with Gasteiger partial charge in [-0.1, -0.05) is 19.8 Å². The lowest BCUT2D eigenvalue weighted by Gasteiger charge is -2.33. The van der Waals surface area contributed by atoms with Crippen LogP contribution in [0.15, 0.2) is 18.5 Å². The molecular weight excluding hydrogens is 456 g/mol. The number of rotatable bonds is 8. The highest BCUT2D eigenvalue weighted by Gasteiger charge is 2.37. The van der Waals surface area contributed by atoms with Crippen molar-refractivity contribution in [2.75, 3.05) is 18.4 Å². The standard InChI is InChI=1S/C24H35ClN6O3/c1-6-7-11-24(5,30-19-16-10-12-26-14-17(16)28-21(25)29-19)15-27-20(32)18-9-8-13-31(18)22(33)34-23(2,3)4/h10,12,14,18H,6-9,11,13,15H2,1-5H3,(H,27,32)(H,28,29,30)/t18-,24?/m0/s1. The van der Waals surface area contributed by atoms with Crippen LogP contribution in [-0.4, -0.2) is 62.1 Å². The fourth-order valence-electron chi connectivity index (χ4n) is 4.07. The molecule has 3 heterocycles. The first-order chi connectivity index (χ1) is 16.0. The van der Waals surface area contributed by atoms with Crippen molar-refractivity contribution >= 4 is 40.3 Å². The van der Waals surface area contributed by atoms with E-state index in [0.29, 0.717) is 30.8 Å². The van der Waals surface area contributed by atoms with Crippen molar-refractivity contribution in [1.82, 2.24) is 25.2 Å². The molecule has 0 aromatic carbocycles. The van der Waals surface area contributed by atoms with E-state index < -0.39 is 23.3 Å². The molecule has 0 radical (unpaired) electrons. The summed E-state index contributed by atoms with van der Waals surface area (Å²) in [5.74, 6) is 0.421. The molecule has 3 rings (SSSR count). The van der Waals surface area contributed by atoms with Gasteiger partial charge in [0.05, 0.1) is 17.3 Å². The third kappa shape index (κ3) is 6.68. The Bertz CT molecular complexity index is 1030. The van der Waals surface area contributed by atoms with Crippen molar-refractivity contribution in [2.45, 2.75) is 83.9 Å². The molecule has 9 nitrogen and oxygen atoms in total. The fraction of sp³-hybridized carbons (Fsp3) is 0.625. The van der Waals surface area contributed by atoms with Crippen LogP contribution >= 0.6 is 11.6 Å². The van der Waals surface area contributed by atoms with Crippen LogP contribution in [0.3, 0.4) is 0 Å². The summed E-state index contributed by atoms with van der Waals surface area (Å²) in [6, 6.07) is 1.30. The number of unbranched alkanes of at least 4 members (excludes halogenated alkanes) is 1. The molecule has 10 heteroatoms. The molecule has 2 atom stereocenters. The number of carbonyl (C=O) groups excluding carboxylic acids is 2. The first-order valence-corrected chi connectivity index (χ1v) is 12.2. The van der Waals surface area contributed by atoms with E-state index in [1.807, 2.05) is 33.8 Å². The number of hydrogen-bond donors (Lipinski definition) is 2. The molecule has 2 aromatic heterocycles. The second kappa shape index (κ2) is 10.7. The monoisotopic (exact) mass is 490 g/mol. The van der Waals surface area contributed by atoms with Gasteiger partial charge in [0.1, 0.15) is 17.5 Å². The molecule has 34 heavy (non-hydrogen) atoms. The lowest BCUT2D eigenvalue weighted by molar-refractivity contribution is -0.125. The second-order valence-corrected chi connectivity index (χ2v) is 10.4. The number of ether oxygens (including phenoxy) is 1. The summed E-state index contributed by atoms with van der Waals surface area (Å²) < 4.78 is 5.49. The topological polar surface area (TPSA) is 109 Å². The Morgan fingerprint density at radius 2 is 2.03 bits per heavy atom. The number of halogens is 1. The van der Waals surface area contributed by atoms with Gasteiger partial charge in [-0.25, -0.2) is 14.8 Å². The largest absolute Gasteiger partial charge is 0.444 e. The van der Waals surface area contributed by atoms with Crippen LogP contribution in [0, 0.1) is 0 Å². The summed E-state index contributed by atoms with van der Waals surface area (Å²) in [5, 5.41) is 7.50. The summed E-state index contributed by atoms with van der Waals surface area (Å²) in [6.07, 6.45) is 7.03. The highest BCUT2D eigenvalue weighted by Crippen LogP contribution is 2.27. The predicted octanol–water partition coefficient (Wildman–Crippen LogP) is 4.55. The van der Waals surface area contributed by atoms with E-state index in [1.54, 1.807) is 12.4 Å². The van der Waals surface area contributed by atoms with Crippen LogP contribution in [0.1, 0.15) is 66.7 Å². The number of aromatic nitrogens is 3. The zero-order valence-electron chi connectivity index (χ0n) is 20.7. The lowest BCUT2D eigenvalue weighted by Crippen LogP contribution is -2.52. The van der Waals surface area contributed by atoms with Crippen LogP contribution in [-0.2, 0) is 9.53 Å². The van der Waals surface area contributed by atoms with Crippen molar-refractivity contribution in [3.05, 3.63) is 23.7 Å². The van der Waals surface area contributed by atoms with Gasteiger partial charge in [0.2, 0.25) is 11.2 Å². The molecule has 0 saturated carbocycles. The molecule has 1 saturated heterocycles. The Labute approximate surface area is 206 Å². The summed E-state index contributed by atoms with van der Waals surface area (Å²) in [7, 11) is 0. The van der Waals surface area contributed by atoms with E-state index in [9.17, 15) is 9.59 Å². The zero-order chi connectivity index (χ0) is 24.9. The number of nitrogens with zero attached hydrogens (tertiary/aromatic N) is 4. The Balaban J connectivity index is 1.74. The number of likely N-dealkylation sites (tertiary alicyclic amines) is 1. The third-order valence-corrected chi connectivity index (χ3v) is 5.98. The van der Waals surface area contributed by atoms with Crippen molar-refractivity contribution in [3.63, 3.8) is 0 Å². The highest BCUT2D eigenvalue weighted by molar-refractivity contribution is 6.28. The van der Waals surface area contributed by atoms with Crippen LogP contribution in [0.2, 0.25) is 5.28 Å². The van der Waals surface area contributed by atoms with Crippen molar-refractivity contribution in [2.24, 2.45) is 0 Å². The van der Waals surface area contributed by atoms with E-state index in [4.69, 9.17) is 16.3 Å². The van der Waals surface area contributed by atoms with Crippen LogP contribution in [0.25, 0.3) is 10.9 Å². The number of carbonyl (C=O) groups is 2. The first kappa shape index (κ1) is 25.9. The molecular formula is C24H35ClN6O3. The molecule has 0 bridgehead atoms. The molecule has 2 aromatic rings. The van der Waals surface area contributed by atoms with Gasteiger partial charge in [0, 0.05) is 24.7 Å². The fourth-order valence-corrected chi connectivity index (χ4v) is 4.25. The number of hydrogen-bond acceptors (Lipinski definition) is 7. The number of fused-ring (bicyclic) bond motifs is 1. The minimum absolute atomic E-state index is 0.129. The Kier molecular flexibility index (Phi) is 8.17. The molecule has 2 amide bonds. The van der Waals surface area contributed by atoms with E-state index in [0.717, 1.165) is 31.1 Å². The normalized spacial score (nSPS) is 17.9. The predicted molar refractivity (Wildman–Crippen MR) is 133 cm³/mol. The van der Waals surface area contributed by atoms with Gasteiger partial charge in [-0.2, -0.15) is 0 Å². The van der Waals surface area contributed by atoms with Crippen LogP contribution in [0.5, 0.6) is 0 Å². The van der Waals surface area contributed by atoms with E-state index in [-0.39, 0.29) is 11.2 Å². The molecule has 186 valence electrons. The highest BCUT2D eigenvalue weighted by atomic mass is 35.5. The van der Waals surface area contributed by atoms with Gasteiger partial charge in [-0.15, -0.1) is 0 Å². The minimum atomic E-state index is -0.611. The molecule has 1 unspecified atom stereocenters. The first-order valence-electron chi connectivity index (χ1n) is 11.8. The smallest absolute Gasteiger partial charge is 0.410 e. The summed E-state index contributed by atoms with van der Waals surface area (Å²) in [4.78, 5) is 40.0. The van der Waals surface area contributed by atoms with E-state index >= 15 is 0 Å². The Hall–Kier alpha value is -2.68. The van der Waals surface area contributed by atoms with E-state index in [1.165, 1.54) is 4.90 Å². The molecule has 1 aliphatic rings. The lowest BCUT2D eigenvalue weighted by atomic mass is 9.94. The SMILES string of the molecule is CCCCC(C)(CNC(=O)[C@@H]1CCCN1C(=O)OC(C)(C)C)Nc1nc(Cl)nc2cnccc12. The Morgan fingerprint density at radius 1 is 1.26 bits per heavy atom. The van der Waals surface area contributed by atoms with Gasteiger partial charge in [0.25, 0.3) is 0 Å². The van der Waals surface area contributed by atoms with Crippen LogP contribution in [0.4, 0.5) is 10.6 Å². The number of amides is 2. The summed E-state index contributed by atoms with van der Waals surface area (Å²) in [6.45, 7) is 10.5. The molecule has 1 aliphatic heterocycles. The third-order valence-electron chi connectivity index (χ3n) is 5.81. The minimum Gasteiger partial charge on any atom is -0.444 e. The maximum absolute atomic E-state index is 13.1. The average Bonchev–Trinajstić information content (AvgIpc) is 3.25. The van der Waals surface area contributed by atoms with Crippen molar-refractivity contribution in [3.8, 4) is 0 Å². The summed E-state index contributed by atoms with van der Waals surface area (Å²) >= 11 is 6.15. The average molecular weight is 491 g/mol. The maximum Gasteiger partial charge on any atom is 0.410 e. The molecule has 0 aliphatic carbocycles. The quantitative estimate of drug-likeness (QED) is 0.522. The maximum atomic E-state index is 13.1. The number of anilines is 1. The Morgan fingerprint density at radius 3 is 2.74 bits per heavy atom. The van der Waals surface area contributed by atoms with Crippen molar-refractivity contribution < 1.29 is 14.3 Å². The van der Waals surface area contributed by atoms with Crippen molar-refractivity contribution in [1.29, 1.82) is 0 Å². The van der Waals surface area contributed by atoms with Gasteiger partial charge >= 0.3 is 6.09 Å². The van der Waals surface area contributed by atoms with Gasteiger partial charge in [-0.05, 0) is 64.6 Å². The van der Waals surface area contributed by atoms with Gasteiger partial charge in [-0.3, -0.25) is 14.7 Å². The second-order valence-electron chi connectivity index (χ2n) is 10.1. The molecule has 1 fully saturated rings. The number of pyridine rings is 1.